The molecule has 1 heterocycles. The first kappa shape index (κ1) is 13.1. The quantitative estimate of drug-likeness (QED) is 0.475. The van der Waals surface area contributed by atoms with Gasteiger partial charge in [-0.3, -0.25) is 14.9 Å². The van der Waals surface area contributed by atoms with Gasteiger partial charge in [-0.2, -0.15) is 0 Å². The molecule has 0 N–H and O–H groups in total. The lowest BCUT2D eigenvalue weighted by atomic mass is 9.99. The van der Waals surface area contributed by atoms with Gasteiger partial charge in [0.1, 0.15) is 22.7 Å². The molecule has 6 nitrogen and oxygen atoms in total. The molecule has 0 spiro atoms. The second kappa shape index (κ2) is 4.38. The molecule has 0 aromatic heterocycles. The van der Waals surface area contributed by atoms with E-state index in [4.69, 9.17) is 9.47 Å². The van der Waals surface area contributed by atoms with E-state index in [0.717, 1.165) is 0 Å². The maximum Gasteiger partial charge on any atom is 0.287 e. The first-order chi connectivity index (χ1) is 8.89. The average Bonchev–Trinajstić information content (AvgIpc) is 2.34. The summed E-state index contributed by atoms with van der Waals surface area (Å²) in [5.74, 6) is 0.493. The van der Waals surface area contributed by atoms with Crippen LogP contribution in [-0.4, -0.2) is 23.9 Å². The van der Waals surface area contributed by atoms with E-state index < -0.39 is 10.5 Å². The van der Waals surface area contributed by atoms with E-state index >= 15 is 0 Å². The summed E-state index contributed by atoms with van der Waals surface area (Å²) in [5, 5.41) is 11.0. The summed E-state index contributed by atoms with van der Waals surface area (Å²) < 4.78 is 10.8. The molecule has 0 amide bonds. The number of benzene rings is 1. The summed E-state index contributed by atoms with van der Waals surface area (Å²) in [6, 6.07) is 1.26. The fraction of sp³-hybridized carbons (Fsp3) is 0.308. The standard InChI is InChI=1S/C13H13NO5/c1-13(2)5-4-8-11(19-13)6-10(14(16)17)9(7-15)12(8)18-3/h4-7H,1-3H3. The number of methoxy groups -OCH3 is 1. The van der Waals surface area contributed by atoms with Gasteiger partial charge in [0.25, 0.3) is 5.69 Å². The number of rotatable bonds is 3. The van der Waals surface area contributed by atoms with Crippen molar-refractivity contribution in [3.63, 3.8) is 0 Å². The first-order valence-electron chi connectivity index (χ1n) is 5.62. The van der Waals surface area contributed by atoms with Gasteiger partial charge in [-0.15, -0.1) is 0 Å². The minimum absolute atomic E-state index is 0.0841. The molecule has 2 rings (SSSR count). The van der Waals surface area contributed by atoms with E-state index in [-0.39, 0.29) is 17.0 Å². The van der Waals surface area contributed by atoms with Gasteiger partial charge in [0, 0.05) is 0 Å². The van der Waals surface area contributed by atoms with Crippen LogP contribution in [0.25, 0.3) is 6.08 Å². The lowest BCUT2D eigenvalue weighted by molar-refractivity contribution is -0.385. The van der Waals surface area contributed by atoms with Crippen LogP contribution in [0.1, 0.15) is 29.8 Å². The van der Waals surface area contributed by atoms with Crippen molar-refractivity contribution in [3.8, 4) is 11.5 Å². The van der Waals surface area contributed by atoms with Crippen molar-refractivity contribution < 1.29 is 19.2 Å². The molecule has 1 aliphatic rings. The van der Waals surface area contributed by atoms with Gasteiger partial charge in [-0.25, -0.2) is 0 Å². The van der Waals surface area contributed by atoms with Crippen LogP contribution in [0.4, 0.5) is 5.69 Å². The van der Waals surface area contributed by atoms with Gasteiger partial charge < -0.3 is 9.47 Å². The summed E-state index contributed by atoms with van der Waals surface area (Å²) >= 11 is 0. The molecule has 0 aliphatic carbocycles. The maximum atomic E-state index is 11.1. The number of ether oxygens (including phenoxy) is 2. The van der Waals surface area contributed by atoms with Crippen molar-refractivity contribution >= 4 is 18.0 Å². The zero-order chi connectivity index (χ0) is 14.2. The Balaban J connectivity index is 2.75. The number of carbonyl (C=O) groups is 1. The van der Waals surface area contributed by atoms with Crippen LogP contribution in [0.5, 0.6) is 11.5 Å². The zero-order valence-electron chi connectivity index (χ0n) is 10.8. The summed E-state index contributed by atoms with van der Waals surface area (Å²) in [6.07, 6.45) is 3.97. The van der Waals surface area contributed by atoms with Crippen molar-refractivity contribution in [3.05, 3.63) is 33.4 Å². The van der Waals surface area contributed by atoms with Gasteiger partial charge in [0.05, 0.1) is 23.7 Å². The smallest absolute Gasteiger partial charge is 0.287 e. The van der Waals surface area contributed by atoms with Crippen LogP contribution in [0.2, 0.25) is 0 Å². The number of nitro benzene ring substituents is 1. The molecule has 0 atom stereocenters. The monoisotopic (exact) mass is 263 g/mol. The molecular formula is C13H13NO5. The second-order valence-corrected chi connectivity index (χ2v) is 4.67. The van der Waals surface area contributed by atoms with Gasteiger partial charge in [-0.05, 0) is 26.0 Å². The van der Waals surface area contributed by atoms with Crippen molar-refractivity contribution in [1.82, 2.24) is 0 Å². The number of nitrogens with zero attached hydrogens (tertiary/aromatic N) is 1. The van der Waals surface area contributed by atoms with E-state index in [1.54, 1.807) is 12.2 Å². The van der Waals surface area contributed by atoms with Crippen LogP contribution in [0.15, 0.2) is 12.1 Å². The molecular weight excluding hydrogens is 250 g/mol. The number of carbonyl (C=O) groups excluding carboxylic acids is 1. The van der Waals surface area contributed by atoms with Crippen LogP contribution >= 0.6 is 0 Å². The van der Waals surface area contributed by atoms with Crippen LogP contribution < -0.4 is 9.47 Å². The third-order valence-corrected chi connectivity index (χ3v) is 2.84. The highest BCUT2D eigenvalue weighted by Crippen LogP contribution is 2.42. The second-order valence-electron chi connectivity index (χ2n) is 4.67. The van der Waals surface area contributed by atoms with Gasteiger partial charge in [0.15, 0.2) is 6.29 Å². The highest BCUT2D eigenvalue weighted by atomic mass is 16.6. The Morgan fingerprint density at radius 1 is 1.47 bits per heavy atom. The molecule has 0 unspecified atom stereocenters. The topological polar surface area (TPSA) is 78.7 Å². The van der Waals surface area contributed by atoms with Crippen molar-refractivity contribution in [2.24, 2.45) is 0 Å². The normalized spacial score (nSPS) is 15.3. The van der Waals surface area contributed by atoms with Gasteiger partial charge in [0.2, 0.25) is 0 Å². The minimum atomic E-state index is -0.624. The van der Waals surface area contributed by atoms with E-state index in [1.165, 1.54) is 13.2 Å². The predicted octanol–water partition coefficient (Wildman–Crippen LogP) is 2.60. The fourth-order valence-electron chi connectivity index (χ4n) is 1.98. The number of hydrogen-bond donors (Lipinski definition) is 0. The molecule has 0 radical (unpaired) electrons. The molecule has 6 heteroatoms. The average molecular weight is 263 g/mol. The molecule has 0 saturated heterocycles. The minimum Gasteiger partial charge on any atom is -0.495 e. The SMILES string of the molecule is COc1c2c(cc([N+](=O)[O-])c1C=O)OC(C)(C)C=C2. The van der Waals surface area contributed by atoms with E-state index in [0.29, 0.717) is 17.6 Å². The Kier molecular flexibility index (Phi) is 3.01. The molecule has 0 saturated carbocycles. The maximum absolute atomic E-state index is 11.1. The summed E-state index contributed by atoms with van der Waals surface area (Å²) in [5.41, 5.74) is -0.431. The van der Waals surface area contributed by atoms with Gasteiger partial charge in [-0.1, -0.05) is 0 Å². The number of aldehydes is 1. The van der Waals surface area contributed by atoms with E-state index in [1.807, 2.05) is 13.8 Å². The zero-order valence-corrected chi connectivity index (χ0v) is 10.8. The highest BCUT2D eigenvalue weighted by Gasteiger charge is 2.30. The summed E-state index contributed by atoms with van der Waals surface area (Å²) in [6.45, 7) is 3.66. The molecule has 19 heavy (non-hydrogen) atoms. The Morgan fingerprint density at radius 3 is 2.68 bits per heavy atom. The molecule has 0 bridgehead atoms. The summed E-state index contributed by atoms with van der Waals surface area (Å²) in [7, 11) is 1.36. The number of nitro groups is 1. The largest absolute Gasteiger partial charge is 0.495 e. The van der Waals surface area contributed by atoms with Crippen molar-refractivity contribution in [2.45, 2.75) is 19.4 Å². The Labute approximate surface area is 109 Å². The summed E-state index contributed by atoms with van der Waals surface area (Å²) in [4.78, 5) is 21.5. The molecule has 0 fully saturated rings. The Bertz CT molecular complexity index is 589. The highest BCUT2D eigenvalue weighted by molar-refractivity contribution is 5.90. The van der Waals surface area contributed by atoms with Crippen LogP contribution in [0, 0.1) is 10.1 Å². The fourth-order valence-corrected chi connectivity index (χ4v) is 1.98. The molecule has 100 valence electrons. The predicted molar refractivity (Wildman–Crippen MR) is 68.8 cm³/mol. The van der Waals surface area contributed by atoms with Crippen molar-refractivity contribution in [2.75, 3.05) is 7.11 Å². The van der Waals surface area contributed by atoms with Crippen LogP contribution in [-0.2, 0) is 0 Å². The van der Waals surface area contributed by atoms with E-state index in [9.17, 15) is 14.9 Å². The molecule has 1 aliphatic heterocycles. The lowest BCUT2D eigenvalue weighted by Gasteiger charge is -2.28. The number of hydrogen-bond acceptors (Lipinski definition) is 5. The molecule has 1 aromatic rings. The Hall–Kier alpha value is -2.37. The number of fused-ring (bicyclic) bond motifs is 1. The van der Waals surface area contributed by atoms with Crippen molar-refractivity contribution in [1.29, 1.82) is 0 Å². The third kappa shape index (κ3) is 2.16. The van der Waals surface area contributed by atoms with Gasteiger partial charge >= 0.3 is 0 Å². The Morgan fingerprint density at radius 2 is 2.16 bits per heavy atom. The van der Waals surface area contributed by atoms with Crippen LogP contribution in [0.3, 0.4) is 0 Å². The first-order valence-corrected chi connectivity index (χ1v) is 5.62. The third-order valence-electron chi connectivity index (χ3n) is 2.84. The molecule has 1 aromatic carbocycles. The van der Waals surface area contributed by atoms with E-state index in [2.05, 4.69) is 0 Å². The lowest BCUT2D eigenvalue weighted by Crippen LogP contribution is -2.27.